The molecule has 1 aromatic rings. The molecular weight excluding hydrogens is 168 g/mol. The smallest absolute Gasteiger partial charge is 0.375 e. The second-order valence-electron chi connectivity index (χ2n) is 1.94. The molecule has 0 aliphatic rings. The zero-order chi connectivity index (χ0) is 9.30. The number of carbonyl (C=O) groups is 2. The molecule has 0 amide bonds. The number of rotatable bonds is 2. The predicted octanol–water partition coefficient (Wildman–Crippen LogP) is 0.382. The van der Waals surface area contributed by atoms with Crippen molar-refractivity contribution in [1.29, 1.82) is 0 Å². The van der Waals surface area contributed by atoms with Gasteiger partial charge in [0, 0.05) is 6.07 Å². The molecule has 0 bridgehead atoms. The summed E-state index contributed by atoms with van der Waals surface area (Å²) < 4.78 is 4.29. The van der Waals surface area contributed by atoms with E-state index < -0.39 is 29.2 Å². The van der Waals surface area contributed by atoms with Crippen molar-refractivity contribution in [3.05, 3.63) is 17.6 Å². The maximum Gasteiger partial charge on any atom is 0.375 e. The summed E-state index contributed by atoms with van der Waals surface area (Å²) >= 11 is 0. The Bertz CT molecular complexity index is 336. The highest BCUT2D eigenvalue weighted by Gasteiger charge is 2.19. The van der Waals surface area contributed by atoms with Crippen molar-refractivity contribution in [1.82, 2.24) is 0 Å². The molecule has 0 atom stereocenters. The Balaban J connectivity index is 3.17. The summed E-state index contributed by atoms with van der Waals surface area (Å²) in [5.74, 6) is -5.02. The van der Waals surface area contributed by atoms with Crippen LogP contribution in [0.5, 0.6) is 5.75 Å². The molecule has 6 nitrogen and oxygen atoms in total. The van der Waals surface area contributed by atoms with Crippen LogP contribution in [0.15, 0.2) is 10.5 Å². The first-order valence-electron chi connectivity index (χ1n) is 2.81. The van der Waals surface area contributed by atoms with E-state index in [1.165, 1.54) is 0 Å². The van der Waals surface area contributed by atoms with E-state index in [0.29, 0.717) is 0 Å². The first-order valence-corrected chi connectivity index (χ1v) is 2.81. The minimum Gasteiger partial charge on any atom is -0.504 e. The van der Waals surface area contributed by atoms with Gasteiger partial charge >= 0.3 is 11.9 Å². The standard InChI is InChI=1S/C6H4O6/c7-2-1-3(5(8)9)12-4(2)6(10)11/h1,7H,(H,8,9)(H,10,11). The quantitative estimate of drug-likeness (QED) is 0.595. The van der Waals surface area contributed by atoms with Crippen LogP contribution in [-0.4, -0.2) is 27.3 Å². The fourth-order valence-corrected chi connectivity index (χ4v) is 0.640. The Morgan fingerprint density at radius 1 is 1.25 bits per heavy atom. The van der Waals surface area contributed by atoms with Gasteiger partial charge < -0.3 is 19.7 Å². The van der Waals surface area contributed by atoms with E-state index in [0.717, 1.165) is 6.07 Å². The number of carboxylic acid groups (broad SMARTS) is 2. The Kier molecular flexibility index (Phi) is 1.74. The maximum atomic E-state index is 10.2. The van der Waals surface area contributed by atoms with Crippen molar-refractivity contribution in [2.24, 2.45) is 0 Å². The van der Waals surface area contributed by atoms with Crippen molar-refractivity contribution >= 4 is 11.9 Å². The van der Waals surface area contributed by atoms with Gasteiger partial charge in [0.2, 0.25) is 5.76 Å². The molecule has 0 aliphatic carbocycles. The molecule has 0 saturated heterocycles. The van der Waals surface area contributed by atoms with Crippen LogP contribution in [0.4, 0.5) is 0 Å². The average Bonchev–Trinajstić information content (AvgIpc) is 2.30. The van der Waals surface area contributed by atoms with Gasteiger partial charge in [-0.2, -0.15) is 0 Å². The largest absolute Gasteiger partial charge is 0.504 e. The van der Waals surface area contributed by atoms with Crippen molar-refractivity contribution in [2.45, 2.75) is 0 Å². The second-order valence-corrected chi connectivity index (χ2v) is 1.94. The third-order valence-corrected chi connectivity index (χ3v) is 1.12. The lowest BCUT2D eigenvalue weighted by Crippen LogP contribution is -1.95. The molecule has 12 heavy (non-hydrogen) atoms. The molecular formula is C6H4O6. The first kappa shape index (κ1) is 8.12. The van der Waals surface area contributed by atoms with Crippen LogP contribution in [0.2, 0.25) is 0 Å². The van der Waals surface area contributed by atoms with Crippen LogP contribution >= 0.6 is 0 Å². The third kappa shape index (κ3) is 1.22. The van der Waals surface area contributed by atoms with E-state index in [4.69, 9.17) is 15.3 Å². The molecule has 0 aliphatic heterocycles. The molecule has 0 saturated carbocycles. The average molecular weight is 172 g/mol. The van der Waals surface area contributed by atoms with E-state index in [-0.39, 0.29) is 0 Å². The van der Waals surface area contributed by atoms with Crippen LogP contribution in [0.25, 0.3) is 0 Å². The molecule has 0 radical (unpaired) electrons. The van der Waals surface area contributed by atoms with Crippen LogP contribution in [0, 0.1) is 0 Å². The monoisotopic (exact) mass is 172 g/mol. The fraction of sp³-hybridized carbons (Fsp3) is 0. The van der Waals surface area contributed by atoms with Gasteiger partial charge in [-0.05, 0) is 0 Å². The van der Waals surface area contributed by atoms with E-state index in [9.17, 15) is 9.59 Å². The lowest BCUT2D eigenvalue weighted by atomic mass is 10.4. The second kappa shape index (κ2) is 2.57. The third-order valence-electron chi connectivity index (χ3n) is 1.12. The number of hydrogen-bond donors (Lipinski definition) is 3. The number of hydrogen-bond acceptors (Lipinski definition) is 4. The van der Waals surface area contributed by atoms with Crippen LogP contribution in [0.3, 0.4) is 0 Å². The zero-order valence-electron chi connectivity index (χ0n) is 5.64. The van der Waals surface area contributed by atoms with Gasteiger partial charge in [0.1, 0.15) is 0 Å². The lowest BCUT2D eigenvalue weighted by Gasteiger charge is -1.86. The Hall–Kier alpha value is -1.98. The normalized spacial score (nSPS) is 9.67. The van der Waals surface area contributed by atoms with E-state index in [1.807, 2.05) is 0 Å². The molecule has 0 unspecified atom stereocenters. The highest BCUT2D eigenvalue weighted by atomic mass is 16.4. The molecule has 1 rings (SSSR count). The van der Waals surface area contributed by atoms with Crippen LogP contribution in [-0.2, 0) is 0 Å². The van der Waals surface area contributed by atoms with Gasteiger partial charge in [0.15, 0.2) is 5.75 Å². The highest BCUT2D eigenvalue weighted by Crippen LogP contribution is 2.21. The number of aromatic carboxylic acids is 2. The summed E-state index contributed by atoms with van der Waals surface area (Å²) in [5, 5.41) is 25.4. The Morgan fingerprint density at radius 2 is 1.83 bits per heavy atom. The summed E-state index contributed by atoms with van der Waals surface area (Å²) in [5.41, 5.74) is 0. The van der Waals surface area contributed by atoms with Gasteiger partial charge in [0.05, 0.1) is 0 Å². The van der Waals surface area contributed by atoms with Gasteiger partial charge in [-0.25, -0.2) is 9.59 Å². The summed E-state index contributed by atoms with van der Waals surface area (Å²) in [6, 6.07) is 0.728. The zero-order valence-corrected chi connectivity index (χ0v) is 5.64. The van der Waals surface area contributed by atoms with E-state index in [1.54, 1.807) is 0 Å². The minimum absolute atomic E-state index is 0.607. The van der Waals surface area contributed by atoms with Gasteiger partial charge in [0.25, 0.3) is 5.76 Å². The summed E-state index contributed by atoms with van der Waals surface area (Å²) in [6.07, 6.45) is 0. The fourth-order valence-electron chi connectivity index (χ4n) is 0.640. The lowest BCUT2D eigenvalue weighted by molar-refractivity contribution is 0.0630. The van der Waals surface area contributed by atoms with Crippen LogP contribution in [0.1, 0.15) is 21.1 Å². The van der Waals surface area contributed by atoms with Crippen molar-refractivity contribution in [3.8, 4) is 5.75 Å². The topological polar surface area (TPSA) is 108 Å². The number of carboxylic acids is 2. The molecule has 3 N–H and O–H groups in total. The molecule has 1 heterocycles. The molecule has 0 fully saturated rings. The maximum absolute atomic E-state index is 10.2. The summed E-state index contributed by atoms with van der Waals surface area (Å²) in [7, 11) is 0. The van der Waals surface area contributed by atoms with Crippen molar-refractivity contribution < 1.29 is 29.3 Å². The van der Waals surface area contributed by atoms with E-state index >= 15 is 0 Å². The molecule has 0 aromatic carbocycles. The summed E-state index contributed by atoms with van der Waals surface area (Å²) in [4.78, 5) is 20.4. The van der Waals surface area contributed by atoms with Crippen molar-refractivity contribution in [2.75, 3.05) is 0 Å². The van der Waals surface area contributed by atoms with Gasteiger partial charge in [-0.1, -0.05) is 0 Å². The SMILES string of the molecule is O=C(O)c1cc(O)c(C(=O)O)o1. The molecule has 6 heteroatoms. The highest BCUT2D eigenvalue weighted by molar-refractivity contribution is 5.91. The first-order chi connectivity index (χ1) is 5.52. The summed E-state index contributed by atoms with van der Waals surface area (Å²) in [6.45, 7) is 0. The van der Waals surface area contributed by atoms with Crippen LogP contribution < -0.4 is 0 Å². The Morgan fingerprint density at radius 3 is 2.08 bits per heavy atom. The number of furan rings is 1. The minimum atomic E-state index is -1.51. The molecule has 64 valence electrons. The Labute approximate surface area is 65.7 Å². The molecule has 1 aromatic heterocycles. The van der Waals surface area contributed by atoms with Crippen molar-refractivity contribution in [3.63, 3.8) is 0 Å². The molecule has 0 spiro atoms. The predicted molar refractivity (Wildman–Crippen MR) is 34.3 cm³/mol. The van der Waals surface area contributed by atoms with Gasteiger partial charge in [-0.15, -0.1) is 0 Å². The van der Waals surface area contributed by atoms with E-state index in [2.05, 4.69) is 4.42 Å². The number of aromatic hydroxyl groups is 1. The van der Waals surface area contributed by atoms with Gasteiger partial charge in [-0.3, -0.25) is 0 Å².